The van der Waals surface area contributed by atoms with Crippen molar-refractivity contribution in [2.45, 2.75) is 50.2 Å². The lowest BCUT2D eigenvalue weighted by molar-refractivity contribution is -0.134. The van der Waals surface area contributed by atoms with Crippen LogP contribution in [0.25, 0.3) is 0 Å². The van der Waals surface area contributed by atoms with Crippen molar-refractivity contribution in [3.8, 4) is 12.3 Å². The number of carbonyl (C=O) groups is 1. The van der Waals surface area contributed by atoms with Crippen LogP contribution in [-0.4, -0.2) is 53.6 Å². The van der Waals surface area contributed by atoms with Gasteiger partial charge in [0.05, 0.1) is 0 Å². The number of nitrogens with zero attached hydrogens (tertiary/aromatic N) is 4. The first kappa shape index (κ1) is 13.6. The molecule has 1 unspecified atom stereocenters. The zero-order valence-electron chi connectivity index (χ0n) is 11.9. The molecule has 0 aromatic carbocycles. The minimum atomic E-state index is -0.322. The van der Waals surface area contributed by atoms with E-state index >= 15 is 0 Å². The summed E-state index contributed by atoms with van der Waals surface area (Å²) in [6.45, 7) is 4.03. The van der Waals surface area contributed by atoms with Crippen LogP contribution in [0.5, 0.6) is 0 Å². The van der Waals surface area contributed by atoms with Gasteiger partial charge in [0.25, 0.3) is 0 Å². The number of fused-ring (bicyclic) bond motifs is 1. The minimum absolute atomic E-state index is 0.258. The maximum Gasteiger partial charge on any atom is 0.222 e. The van der Waals surface area contributed by atoms with E-state index in [1.807, 2.05) is 4.90 Å². The molecule has 3 aliphatic rings. The smallest absolute Gasteiger partial charge is 0.222 e. The van der Waals surface area contributed by atoms with E-state index < -0.39 is 0 Å². The summed E-state index contributed by atoms with van der Waals surface area (Å²) in [5.41, 5.74) is -0.322. The summed E-state index contributed by atoms with van der Waals surface area (Å²) in [5, 5.41) is 8.18. The quantitative estimate of drug-likeness (QED) is 0.716. The third kappa shape index (κ3) is 2.85. The number of terminal acetylenes is 1. The fourth-order valence-corrected chi connectivity index (χ4v) is 3.35. The topological polar surface area (TPSA) is 48.3 Å². The van der Waals surface area contributed by atoms with Gasteiger partial charge >= 0.3 is 0 Å². The Hall–Kier alpha value is -1.41. The Bertz CT molecular complexity index is 447. The Morgan fingerprint density at radius 3 is 2.90 bits per heavy atom. The van der Waals surface area contributed by atoms with Gasteiger partial charge in [0, 0.05) is 51.4 Å². The number of piperazine rings is 1. The molecular formula is C15H22N4O. The highest BCUT2D eigenvalue weighted by Gasteiger charge is 2.40. The summed E-state index contributed by atoms with van der Waals surface area (Å²) < 4.78 is 0. The fraction of sp³-hybridized carbons (Fsp3) is 0.800. The number of amides is 1. The Morgan fingerprint density at radius 1 is 1.30 bits per heavy atom. The lowest BCUT2D eigenvalue weighted by Crippen LogP contribution is -2.52. The van der Waals surface area contributed by atoms with Gasteiger partial charge in [0.1, 0.15) is 0 Å². The number of rotatable bonds is 5. The molecule has 5 nitrogen and oxygen atoms in total. The van der Waals surface area contributed by atoms with E-state index in [9.17, 15) is 4.79 Å². The van der Waals surface area contributed by atoms with Crippen molar-refractivity contribution in [1.29, 1.82) is 0 Å². The summed E-state index contributed by atoms with van der Waals surface area (Å²) in [5.74, 6) is 2.88. The number of carbonyl (C=O) groups excluding carboxylic acids is 1. The van der Waals surface area contributed by atoms with Crippen LogP contribution < -0.4 is 0 Å². The molecule has 5 heteroatoms. The second-order valence-electron chi connectivity index (χ2n) is 6.06. The molecule has 1 atom stereocenters. The Labute approximate surface area is 120 Å². The van der Waals surface area contributed by atoms with Crippen molar-refractivity contribution < 1.29 is 4.79 Å². The van der Waals surface area contributed by atoms with Crippen LogP contribution in [0.2, 0.25) is 0 Å². The van der Waals surface area contributed by atoms with Crippen LogP contribution in [0.1, 0.15) is 38.5 Å². The van der Waals surface area contributed by atoms with Gasteiger partial charge < -0.3 is 4.90 Å². The van der Waals surface area contributed by atoms with E-state index in [0.29, 0.717) is 18.9 Å². The molecule has 0 aromatic rings. The number of hydrogen-bond donors (Lipinski definition) is 0. The van der Waals surface area contributed by atoms with Gasteiger partial charge in [-0.15, -0.1) is 12.3 Å². The summed E-state index contributed by atoms with van der Waals surface area (Å²) in [6, 6.07) is 0.596. The molecule has 3 heterocycles. The average molecular weight is 274 g/mol. The molecule has 0 radical (unpaired) electrons. The molecule has 0 saturated carbocycles. The molecule has 0 spiro atoms. The van der Waals surface area contributed by atoms with Crippen molar-refractivity contribution in [3.63, 3.8) is 0 Å². The first-order chi connectivity index (χ1) is 9.72. The van der Waals surface area contributed by atoms with Gasteiger partial charge in [-0.25, -0.2) is 0 Å². The summed E-state index contributed by atoms with van der Waals surface area (Å²) >= 11 is 0. The molecule has 20 heavy (non-hydrogen) atoms. The lowest BCUT2D eigenvalue weighted by atomic mass is 10.0. The lowest BCUT2D eigenvalue weighted by Gasteiger charge is -2.37. The van der Waals surface area contributed by atoms with E-state index in [-0.39, 0.29) is 11.6 Å². The third-order valence-electron chi connectivity index (χ3n) is 4.73. The standard InChI is InChI=1S/C15H22N4O/c1-2-3-7-15(16-17-15)8-6-14(20)19-11-10-18-9-4-5-13(18)12-19/h1,13H,3-12H2. The molecule has 0 aromatic heterocycles. The van der Waals surface area contributed by atoms with Crippen molar-refractivity contribution >= 4 is 5.91 Å². The minimum Gasteiger partial charge on any atom is -0.340 e. The van der Waals surface area contributed by atoms with E-state index in [1.54, 1.807) is 0 Å². The summed E-state index contributed by atoms with van der Waals surface area (Å²) in [7, 11) is 0. The van der Waals surface area contributed by atoms with Crippen LogP contribution >= 0.6 is 0 Å². The molecule has 1 amide bonds. The highest BCUT2D eigenvalue weighted by atomic mass is 16.2. The van der Waals surface area contributed by atoms with Crippen LogP contribution in [-0.2, 0) is 4.79 Å². The van der Waals surface area contributed by atoms with Gasteiger partial charge in [-0.1, -0.05) is 0 Å². The number of hydrogen-bond acceptors (Lipinski definition) is 4. The second kappa shape index (κ2) is 5.53. The molecule has 2 fully saturated rings. The first-order valence-corrected chi connectivity index (χ1v) is 7.62. The third-order valence-corrected chi connectivity index (χ3v) is 4.73. The monoisotopic (exact) mass is 274 g/mol. The largest absolute Gasteiger partial charge is 0.340 e. The molecule has 0 N–H and O–H groups in total. The second-order valence-corrected chi connectivity index (χ2v) is 6.06. The first-order valence-electron chi connectivity index (χ1n) is 7.62. The highest BCUT2D eigenvalue weighted by Crippen LogP contribution is 2.37. The predicted molar refractivity (Wildman–Crippen MR) is 76.1 cm³/mol. The van der Waals surface area contributed by atoms with Crippen LogP contribution in [0, 0.1) is 12.3 Å². The molecule has 2 saturated heterocycles. The maximum absolute atomic E-state index is 12.3. The Morgan fingerprint density at radius 2 is 2.15 bits per heavy atom. The Balaban J connectivity index is 1.44. The van der Waals surface area contributed by atoms with E-state index in [2.05, 4.69) is 21.0 Å². The van der Waals surface area contributed by atoms with Gasteiger partial charge in [-0.2, -0.15) is 10.2 Å². The zero-order valence-corrected chi connectivity index (χ0v) is 11.9. The van der Waals surface area contributed by atoms with Crippen molar-refractivity contribution in [1.82, 2.24) is 9.80 Å². The highest BCUT2D eigenvalue weighted by molar-refractivity contribution is 5.76. The molecule has 108 valence electrons. The van der Waals surface area contributed by atoms with Crippen molar-refractivity contribution in [2.75, 3.05) is 26.2 Å². The van der Waals surface area contributed by atoms with Gasteiger partial charge in [0.2, 0.25) is 5.91 Å². The van der Waals surface area contributed by atoms with E-state index in [4.69, 9.17) is 6.42 Å². The van der Waals surface area contributed by atoms with E-state index in [0.717, 1.165) is 32.5 Å². The van der Waals surface area contributed by atoms with Crippen LogP contribution in [0.3, 0.4) is 0 Å². The predicted octanol–water partition coefficient (Wildman–Crippen LogP) is 1.65. The Kier molecular flexibility index (Phi) is 3.75. The van der Waals surface area contributed by atoms with Gasteiger partial charge in [-0.05, 0) is 19.4 Å². The summed E-state index contributed by atoms with van der Waals surface area (Å²) in [4.78, 5) is 16.9. The normalized spacial score (nSPS) is 27.1. The van der Waals surface area contributed by atoms with Gasteiger partial charge in [-0.3, -0.25) is 9.69 Å². The van der Waals surface area contributed by atoms with Crippen molar-refractivity contribution in [3.05, 3.63) is 0 Å². The van der Waals surface area contributed by atoms with Crippen LogP contribution in [0.15, 0.2) is 10.2 Å². The molecule has 3 aliphatic heterocycles. The molecule has 0 aliphatic carbocycles. The van der Waals surface area contributed by atoms with Gasteiger partial charge in [0.15, 0.2) is 5.66 Å². The van der Waals surface area contributed by atoms with Crippen molar-refractivity contribution in [2.24, 2.45) is 10.2 Å². The molecule has 3 rings (SSSR count). The maximum atomic E-state index is 12.3. The summed E-state index contributed by atoms with van der Waals surface area (Å²) in [6.07, 6.45) is 10.5. The molecule has 0 bridgehead atoms. The fourth-order valence-electron chi connectivity index (χ4n) is 3.35. The SMILES string of the molecule is C#CCCC1(CCC(=O)N2CCN3CCCC3C2)N=N1. The van der Waals surface area contributed by atoms with Crippen LogP contribution in [0.4, 0.5) is 0 Å². The average Bonchev–Trinajstić information content (AvgIpc) is 3.09. The zero-order chi connectivity index (χ0) is 14.0. The molecular weight excluding hydrogens is 252 g/mol. The van der Waals surface area contributed by atoms with E-state index in [1.165, 1.54) is 19.4 Å².